The third-order valence-electron chi connectivity index (χ3n) is 1.21. The maximum atomic E-state index is 11.1. The molecule has 0 heterocycles. The second kappa shape index (κ2) is 6.02. The van der Waals surface area contributed by atoms with Crippen molar-refractivity contribution in [1.82, 2.24) is 0 Å². The van der Waals surface area contributed by atoms with E-state index in [-0.39, 0.29) is 19.4 Å². The van der Waals surface area contributed by atoms with E-state index in [9.17, 15) is 9.59 Å². The number of hydrogen-bond donors (Lipinski definition) is 0. The monoisotopic (exact) mass is 213 g/mol. The van der Waals surface area contributed by atoms with Gasteiger partial charge < -0.3 is 9.47 Å². The lowest BCUT2D eigenvalue weighted by Gasteiger charge is -2.19. The molecule has 5 heteroatoms. The quantitative estimate of drug-likeness (QED) is 0.655. The Kier molecular flexibility index (Phi) is 5.39. The molecule has 15 heavy (non-hydrogen) atoms. The van der Waals surface area contributed by atoms with Crippen LogP contribution in [0.5, 0.6) is 0 Å². The summed E-state index contributed by atoms with van der Waals surface area (Å²) < 4.78 is 9.59. The van der Waals surface area contributed by atoms with Crippen LogP contribution in [0.4, 0.5) is 0 Å². The first-order valence-electron chi connectivity index (χ1n) is 4.59. The molecule has 0 aromatic heterocycles. The molecule has 0 N–H and O–H groups in total. The lowest BCUT2D eigenvalue weighted by molar-refractivity contribution is -0.157. The Morgan fingerprint density at radius 2 is 1.87 bits per heavy atom. The molecule has 0 aromatic carbocycles. The van der Waals surface area contributed by atoms with Gasteiger partial charge in [-0.25, -0.2) is 0 Å². The van der Waals surface area contributed by atoms with Gasteiger partial charge >= 0.3 is 11.9 Å². The molecule has 0 aliphatic carbocycles. The molecule has 0 fully saturated rings. The average molecular weight is 213 g/mol. The van der Waals surface area contributed by atoms with Gasteiger partial charge in [-0.3, -0.25) is 9.59 Å². The zero-order chi connectivity index (χ0) is 11.9. The highest BCUT2D eigenvalue weighted by Crippen LogP contribution is 2.08. The number of carbonyl (C=O) groups excluding carboxylic acids is 2. The lowest BCUT2D eigenvalue weighted by atomic mass is 10.2. The smallest absolute Gasteiger partial charge is 0.320 e. The molecule has 0 saturated carbocycles. The van der Waals surface area contributed by atoms with Crippen LogP contribution in [0, 0.1) is 11.3 Å². The highest BCUT2D eigenvalue weighted by atomic mass is 16.6. The van der Waals surface area contributed by atoms with Crippen LogP contribution in [-0.4, -0.2) is 24.1 Å². The zero-order valence-corrected chi connectivity index (χ0v) is 9.20. The minimum Gasteiger partial charge on any atom is -0.464 e. The molecule has 0 aliphatic heterocycles. The fraction of sp³-hybridized carbons (Fsp3) is 0.700. The van der Waals surface area contributed by atoms with Crippen LogP contribution in [0.1, 0.15) is 33.6 Å². The number of esters is 2. The second-order valence-electron chi connectivity index (χ2n) is 3.89. The fourth-order valence-electron chi connectivity index (χ4n) is 0.756. The second-order valence-corrected chi connectivity index (χ2v) is 3.89. The predicted octanol–water partition coefficient (Wildman–Crippen LogP) is 1.18. The van der Waals surface area contributed by atoms with E-state index in [1.54, 1.807) is 26.8 Å². The molecule has 0 amide bonds. The molecule has 0 bridgehead atoms. The minimum absolute atomic E-state index is 0.00837. The molecule has 84 valence electrons. The Balaban J connectivity index is 3.66. The summed E-state index contributed by atoms with van der Waals surface area (Å²) in [6.07, 6.45) is -0.289. The Labute approximate surface area is 89.0 Å². The first-order valence-corrected chi connectivity index (χ1v) is 4.59. The number of ether oxygens (including phenoxy) is 2. The molecule has 0 saturated heterocycles. The fourth-order valence-corrected chi connectivity index (χ4v) is 0.756. The van der Waals surface area contributed by atoms with Gasteiger partial charge in [0.25, 0.3) is 0 Å². The van der Waals surface area contributed by atoms with Gasteiger partial charge in [0, 0.05) is 0 Å². The Morgan fingerprint density at radius 1 is 1.27 bits per heavy atom. The summed E-state index contributed by atoms with van der Waals surface area (Å²) >= 11 is 0. The Bertz CT molecular complexity index is 272. The molecule has 0 radical (unpaired) electrons. The molecular weight excluding hydrogens is 198 g/mol. The van der Waals surface area contributed by atoms with Crippen LogP contribution < -0.4 is 0 Å². The van der Waals surface area contributed by atoms with Crippen molar-refractivity contribution < 1.29 is 19.1 Å². The predicted molar refractivity (Wildman–Crippen MR) is 51.7 cm³/mol. The molecule has 0 unspecified atom stereocenters. The minimum atomic E-state index is -0.624. The van der Waals surface area contributed by atoms with Crippen molar-refractivity contribution in [3.8, 4) is 6.07 Å². The SMILES string of the molecule is CC(C)(C)OC(=O)CCOC(=O)CC#N. The normalized spacial score (nSPS) is 10.3. The number of nitriles is 1. The highest BCUT2D eigenvalue weighted by molar-refractivity contribution is 5.73. The third-order valence-corrected chi connectivity index (χ3v) is 1.21. The van der Waals surface area contributed by atoms with E-state index in [2.05, 4.69) is 4.74 Å². The van der Waals surface area contributed by atoms with E-state index in [0.29, 0.717) is 0 Å². The first-order chi connectivity index (χ1) is 6.85. The molecular formula is C10H15NO4. The van der Waals surface area contributed by atoms with Crippen LogP contribution in [-0.2, 0) is 19.1 Å². The van der Waals surface area contributed by atoms with Crippen molar-refractivity contribution in [3.63, 3.8) is 0 Å². The molecule has 0 rings (SSSR count). The summed E-state index contributed by atoms with van der Waals surface area (Å²) in [6.45, 7) is 5.22. The molecule has 0 aliphatic rings. The Hall–Kier alpha value is -1.57. The first kappa shape index (κ1) is 13.4. The van der Waals surface area contributed by atoms with Crippen molar-refractivity contribution >= 4 is 11.9 Å². The van der Waals surface area contributed by atoms with E-state index in [1.807, 2.05) is 0 Å². The maximum Gasteiger partial charge on any atom is 0.320 e. The third kappa shape index (κ3) is 8.75. The summed E-state index contributed by atoms with van der Waals surface area (Å²) in [5.74, 6) is -1.05. The van der Waals surface area contributed by atoms with Gasteiger partial charge in [0.05, 0.1) is 12.5 Å². The number of carbonyl (C=O) groups is 2. The lowest BCUT2D eigenvalue weighted by Crippen LogP contribution is -2.24. The standard InChI is InChI=1S/C10H15NO4/c1-10(2,3)15-9(13)5-7-14-8(12)4-6-11/h4-5,7H2,1-3H3. The van der Waals surface area contributed by atoms with Crippen molar-refractivity contribution in [2.24, 2.45) is 0 Å². The summed E-state index contributed by atoms with van der Waals surface area (Å²) in [5.41, 5.74) is -0.534. The largest absolute Gasteiger partial charge is 0.464 e. The summed E-state index contributed by atoms with van der Waals surface area (Å²) in [6, 6.07) is 1.65. The number of hydrogen-bond acceptors (Lipinski definition) is 5. The van der Waals surface area contributed by atoms with Gasteiger partial charge in [-0.15, -0.1) is 0 Å². The van der Waals surface area contributed by atoms with Crippen molar-refractivity contribution in [3.05, 3.63) is 0 Å². The summed E-state index contributed by atoms with van der Waals surface area (Å²) in [5, 5.41) is 8.16. The van der Waals surface area contributed by atoms with E-state index in [1.165, 1.54) is 0 Å². The van der Waals surface area contributed by atoms with Gasteiger partial charge in [0.15, 0.2) is 0 Å². The average Bonchev–Trinajstić information content (AvgIpc) is 2.00. The zero-order valence-electron chi connectivity index (χ0n) is 9.20. The van der Waals surface area contributed by atoms with Gasteiger partial charge in [0.1, 0.15) is 18.6 Å². The van der Waals surface area contributed by atoms with E-state index >= 15 is 0 Å². The number of rotatable bonds is 4. The van der Waals surface area contributed by atoms with Crippen LogP contribution in [0.3, 0.4) is 0 Å². The molecule has 5 nitrogen and oxygen atoms in total. The summed E-state index contributed by atoms with van der Waals surface area (Å²) in [4.78, 5) is 21.8. The summed E-state index contributed by atoms with van der Waals surface area (Å²) in [7, 11) is 0. The van der Waals surface area contributed by atoms with E-state index in [4.69, 9.17) is 10.00 Å². The maximum absolute atomic E-state index is 11.1. The van der Waals surface area contributed by atoms with Crippen molar-refractivity contribution in [2.45, 2.75) is 39.2 Å². The van der Waals surface area contributed by atoms with Gasteiger partial charge in [-0.1, -0.05) is 0 Å². The van der Waals surface area contributed by atoms with Crippen LogP contribution in [0.2, 0.25) is 0 Å². The molecule has 0 aromatic rings. The van der Waals surface area contributed by atoms with E-state index in [0.717, 1.165) is 0 Å². The van der Waals surface area contributed by atoms with Crippen LogP contribution in [0.25, 0.3) is 0 Å². The van der Waals surface area contributed by atoms with Crippen LogP contribution >= 0.6 is 0 Å². The molecule has 0 spiro atoms. The van der Waals surface area contributed by atoms with Crippen molar-refractivity contribution in [1.29, 1.82) is 5.26 Å². The van der Waals surface area contributed by atoms with Crippen LogP contribution in [0.15, 0.2) is 0 Å². The number of nitrogens with zero attached hydrogens (tertiary/aromatic N) is 1. The highest BCUT2D eigenvalue weighted by Gasteiger charge is 2.16. The topological polar surface area (TPSA) is 76.4 Å². The van der Waals surface area contributed by atoms with Gasteiger partial charge in [0.2, 0.25) is 0 Å². The molecule has 0 atom stereocenters. The van der Waals surface area contributed by atoms with E-state index < -0.39 is 17.5 Å². The van der Waals surface area contributed by atoms with Gasteiger partial charge in [-0.2, -0.15) is 5.26 Å². The Morgan fingerprint density at radius 3 is 2.33 bits per heavy atom. The van der Waals surface area contributed by atoms with Crippen molar-refractivity contribution in [2.75, 3.05) is 6.61 Å². The van der Waals surface area contributed by atoms with Gasteiger partial charge in [-0.05, 0) is 20.8 Å².